The van der Waals surface area contributed by atoms with E-state index in [9.17, 15) is 0 Å². The highest BCUT2D eigenvalue weighted by molar-refractivity contribution is 5.62. The first kappa shape index (κ1) is 15.3. The van der Waals surface area contributed by atoms with Gasteiger partial charge in [-0.25, -0.2) is 0 Å². The molecule has 0 aliphatic heterocycles. The molecule has 0 radical (unpaired) electrons. The Balaban J connectivity index is 2.07. The first-order chi connectivity index (χ1) is 9.87. The van der Waals surface area contributed by atoms with Gasteiger partial charge in [-0.05, 0) is 45.4 Å². The molecule has 1 aromatic heterocycles. The molecule has 0 saturated heterocycles. The fraction of sp³-hybridized carbons (Fsp3) is 0.467. The van der Waals surface area contributed by atoms with Crippen LogP contribution in [-0.2, 0) is 6.54 Å². The van der Waals surface area contributed by atoms with Crippen LogP contribution in [0.25, 0.3) is 0 Å². The molecule has 0 amide bonds. The first-order valence-electron chi connectivity index (χ1n) is 6.86. The summed E-state index contributed by atoms with van der Waals surface area (Å²) in [6, 6.07) is 6.20. The number of hydrogen-bond donors (Lipinski definition) is 2. The summed E-state index contributed by atoms with van der Waals surface area (Å²) in [5.41, 5.74) is 1.92. The highest BCUT2D eigenvalue weighted by atomic mass is 16.5. The van der Waals surface area contributed by atoms with Crippen molar-refractivity contribution in [3.8, 4) is 5.75 Å². The van der Waals surface area contributed by atoms with Gasteiger partial charge in [-0.1, -0.05) is 11.2 Å². The third-order valence-electron chi connectivity index (χ3n) is 2.83. The van der Waals surface area contributed by atoms with Crippen molar-refractivity contribution in [2.75, 3.05) is 12.4 Å². The lowest BCUT2D eigenvalue weighted by molar-refractivity contribution is 0.384. The van der Waals surface area contributed by atoms with Gasteiger partial charge in [0.1, 0.15) is 5.75 Å². The van der Waals surface area contributed by atoms with E-state index in [-0.39, 0.29) is 5.54 Å². The van der Waals surface area contributed by atoms with Crippen LogP contribution in [-0.4, -0.2) is 22.8 Å². The molecule has 6 nitrogen and oxygen atoms in total. The smallest absolute Gasteiger partial charge is 0.320 e. The Hall–Kier alpha value is -2.08. The number of anilines is 2. The Morgan fingerprint density at radius 3 is 2.67 bits per heavy atom. The van der Waals surface area contributed by atoms with Gasteiger partial charge in [0.05, 0.1) is 19.3 Å². The van der Waals surface area contributed by atoms with E-state index in [1.54, 1.807) is 7.11 Å². The maximum atomic E-state index is 5.57. The second kappa shape index (κ2) is 6.13. The molecule has 1 aromatic carbocycles. The van der Waals surface area contributed by atoms with Crippen LogP contribution < -0.4 is 15.4 Å². The van der Waals surface area contributed by atoms with Crippen LogP contribution in [0.1, 0.15) is 32.2 Å². The Labute approximate surface area is 124 Å². The molecule has 0 saturated carbocycles. The van der Waals surface area contributed by atoms with Crippen LogP contribution in [0.15, 0.2) is 22.6 Å². The van der Waals surface area contributed by atoms with Gasteiger partial charge in [0.15, 0.2) is 0 Å². The molecule has 0 aliphatic carbocycles. The summed E-state index contributed by atoms with van der Waals surface area (Å²) in [4.78, 5) is 0. The van der Waals surface area contributed by atoms with Crippen molar-refractivity contribution in [1.82, 2.24) is 15.5 Å². The van der Waals surface area contributed by atoms with Crippen molar-refractivity contribution < 1.29 is 9.15 Å². The highest BCUT2D eigenvalue weighted by Crippen LogP contribution is 2.28. The number of rotatable bonds is 5. The number of aromatic nitrogens is 2. The van der Waals surface area contributed by atoms with Crippen molar-refractivity contribution in [1.29, 1.82) is 0 Å². The average Bonchev–Trinajstić information content (AvgIpc) is 2.84. The van der Waals surface area contributed by atoms with Gasteiger partial charge >= 0.3 is 6.01 Å². The first-order valence-corrected chi connectivity index (χ1v) is 6.86. The molecule has 0 fully saturated rings. The molecular weight excluding hydrogens is 268 g/mol. The van der Waals surface area contributed by atoms with Crippen LogP contribution in [0, 0.1) is 6.92 Å². The van der Waals surface area contributed by atoms with Crippen LogP contribution in [0.5, 0.6) is 5.75 Å². The molecule has 2 N–H and O–H groups in total. The van der Waals surface area contributed by atoms with Crippen molar-refractivity contribution >= 4 is 11.7 Å². The molecule has 2 rings (SSSR count). The maximum absolute atomic E-state index is 5.57. The summed E-state index contributed by atoms with van der Waals surface area (Å²) in [7, 11) is 1.63. The highest BCUT2D eigenvalue weighted by Gasteiger charge is 2.13. The van der Waals surface area contributed by atoms with E-state index in [1.165, 1.54) is 0 Å². The molecule has 0 bridgehead atoms. The monoisotopic (exact) mass is 290 g/mol. The molecule has 0 aliphatic rings. The number of nitrogens with zero attached hydrogens (tertiary/aromatic N) is 2. The van der Waals surface area contributed by atoms with Crippen molar-refractivity contribution in [3.05, 3.63) is 29.7 Å². The largest absolute Gasteiger partial charge is 0.495 e. The minimum absolute atomic E-state index is 0.00181. The van der Waals surface area contributed by atoms with Gasteiger partial charge in [-0.3, -0.25) is 0 Å². The Bertz CT molecular complexity index is 602. The molecule has 2 aromatic rings. The van der Waals surface area contributed by atoms with E-state index in [0.717, 1.165) is 17.0 Å². The van der Waals surface area contributed by atoms with Crippen molar-refractivity contribution in [2.45, 2.75) is 39.8 Å². The second-order valence-corrected chi connectivity index (χ2v) is 5.93. The Morgan fingerprint density at radius 2 is 2.00 bits per heavy atom. The van der Waals surface area contributed by atoms with Gasteiger partial charge in [0.2, 0.25) is 5.89 Å². The van der Waals surface area contributed by atoms with E-state index in [0.29, 0.717) is 18.5 Å². The maximum Gasteiger partial charge on any atom is 0.320 e. The molecule has 0 unspecified atom stereocenters. The fourth-order valence-electron chi connectivity index (χ4n) is 1.75. The fourth-order valence-corrected chi connectivity index (χ4v) is 1.75. The summed E-state index contributed by atoms with van der Waals surface area (Å²) < 4.78 is 10.9. The number of benzene rings is 1. The van der Waals surface area contributed by atoms with Gasteiger partial charge in [-0.2, -0.15) is 0 Å². The van der Waals surface area contributed by atoms with E-state index in [2.05, 4.69) is 41.6 Å². The molecule has 0 spiro atoms. The SMILES string of the molecule is COc1ccc(C)cc1Nc1nnc(CNC(C)(C)C)o1. The summed E-state index contributed by atoms with van der Waals surface area (Å²) >= 11 is 0. The summed E-state index contributed by atoms with van der Waals surface area (Å²) in [6.45, 7) is 8.79. The lowest BCUT2D eigenvalue weighted by Crippen LogP contribution is -2.35. The number of nitrogens with one attached hydrogen (secondary N) is 2. The zero-order chi connectivity index (χ0) is 15.5. The predicted molar refractivity (Wildman–Crippen MR) is 81.9 cm³/mol. The van der Waals surface area contributed by atoms with Crippen LogP contribution in [0.3, 0.4) is 0 Å². The van der Waals surface area contributed by atoms with E-state index >= 15 is 0 Å². The number of hydrogen-bond acceptors (Lipinski definition) is 6. The zero-order valence-electron chi connectivity index (χ0n) is 13.2. The zero-order valence-corrected chi connectivity index (χ0v) is 13.2. The second-order valence-electron chi connectivity index (χ2n) is 5.93. The van der Waals surface area contributed by atoms with E-state index in [1.807, 2.05) is 25.1 Å². The van der Waals surface area contributed by atoms with Crippen molar-refractivity contribution in [3.63, 3.8) is 0 Å². The summed E-state index contributed by atoms with van der Waals surface area (Å²) in [5, 5.41) is 14.4. The van der Waals surface area contributed by atoms with Gasteiger partial charge < -0.3 is 19.8 Å². The molecule has 6 heteroatoms. The third kappa shape index (κ3) is 4.46. The number of methoxy groups -OCH3 is 1. The molecule has 1 heterocycles. The van der Waals surface area contributed by atoms with Crippen LogP contribution in [0.2, 0.25) is 0 Å². The predicted octanol–water partition coefficient (Wildman–Crippen LogP) is 3.02. The Morgan fingerprint density at radius 1 is 1.24 bits per heavy atom. The summed E-state index contributed by atoms with van der Waals surface area (Å²) in [6.07, 6.45) is 0. The average molecular weight is 290 g/mol. The Kier molecular flexibility index (Phi) is 4.47. The number of aryl methyl sites for hydroxylation is 1. The van der Waals surface area contributed by atoms with E-state index < -0.39 is 0 Å². The topological polar surface area (TPSA) is 72.2 Å². The van der Waals surface area contributed by atoms with Gasteiger partial charge in [-0.15, -0.1) is 5.10 Å². The standard InChI is InChI=1S/C15H22N4O2/c1-10-6-7-12(20-5)11(8-10)17-14-19-18-13(21-14)9-16-15(2,3)4/h6-8,16H,9H2,1-5H3,(H,17,19). The van der Waals surface area contributed by atoms with E-state index in [4.69, 9.17) is 9.15 Å². The van der Waals surface area contributed by atoms with Crippen LogP contribution in [0.4, 0.5) is 11.7 Å². The minimum atomic E-state index is 0.00181. The van der Waals surface area contributed by atoms with Gasteiger partial charge in [0, 0.05) is 5.54 Å². The molecule has 0 atom stereocenters. The third-order valence-corrected chi connectivity index (χ3v) is 2.83. The minimum Gasteiger partial charge on any atom is -0.495 e. The normalized spacial score (nSPS) is 11.5. The molecule has 114 valence electrons. The van der Waals surface area contributed by atoms with Crippen LogP contribution >= 0.6 is 0 Å². The molecular formula is C15H22N4O2. The molecule has 21 heavy (non-hydrogen) atoms. The summed E-state index contributed by atoms with van der Waals surface area (Å²) in [5.74, 6) is 1.27. The number of ether oxygens (including phenoxy) is 1. The quantitative estimate of drug-likeness (QED) is 0.882. The lowest BCUT2D eigenvalue weighted by Gasteiger charge is -2.18. The lowest BCUT2D eigenvalue weighted by atomic mass is 10.1. The van der Waals surface area contributed by atoms with Gasteiger partial charge in [0.25, 0.3) is 0 Å². The van der Waals surface area contributed by atoms with Crippen molar-refractivity contribution in [2.24, 2.45) is 0 Å².